The third kappa shape index (κ3) is 6.65. The topological polar surface area (TPSA) is 137 Å². The average molecular weight is 578 g/mol. The molecule has 4 amide bonds. The fourth-order valence-electron chi connectivity index (χ4n) is 6.24. The fraction of sp³-hybridized carbons (Fsp3) is 0.607. The van der Waals surface area contributed by atoms with Crippen LogP contribution >= 0.6 is 0 Å². The van der Waals surface area contributed by atoms with E-state index in [1.165, 1.54) is 17.0 Å². The molecule has 10 nitrogen and oxygen atoms in total. The van der Waals surface area contributed by atoms with E-state index in [1.807, 2.05) is 0 Å². The van der Waals surface area contributed by atoms with Gasteiger partial charge >= 0.3 is 6.18 Å². The number of anilines is 1. The molecule has 13 heteroatoms. The van der Waals surface area contributed by atoms with Gasteiger partial charge in [-0.25, -0.2) is 0 Å². The van der Waals surface area contributed by atoms with Crippen molar-refractivity contribution in [3.05, 3.63) is 29.8 Å². The van der Waals surface area contributed by atoms with E-state index in [0.29, 0.717) is 25.2 Å². The largest absolute Gasteiger partial charge is 0.416 e. The molecule has 4 aliphatic rings. The fourth-order valence-corrected chi connectivity index (χ4v) is 6.24. The predicted octanol–water partition coefficient (Wildman–Crippen LogP) is 1.60. The lowest BCUT2D eigenvalue weighted by molar-refractivity contribution is -0.142. The quantitative estimate of drug-likeness (QED) is 0.312. The van der Waals surface area contributed by atoms with E-state index in [2.05, 4.69) is 21.3 Å². The monoisotopic (exact) mass is 577 g/mol. The molecule has 2 aliphatic carbocycles. The van der Waals surface area contributed by atoms with E-state index in [-0.39, 0.29) is 36.8 Å². The van der Waals surface area contributed by atoms with Crippen molar-refractivity contribution in [2.75, 3.05) is 25.0 Å². The molecule has 0 bridgehead atoms. The van der Waals surface area contributed by atoms with Crippen molar-refractivity contribution in [3.8, 4) is 0 Å². The third-order valence-corrected chi connectivity index (χ3v) is 8.59. The van der Waals surface area contributed by atoms with Crippen LogP contribution in [0.15, 0.2) is 24.3 Å². The molecule has 2 aliphatic heterocycles. The molecule has 4 N–H and O–H groups in total. The third-order valence-electron chi connectivity index (χ3n) is 8.59. The van der Waals surface area contributed by atoms with E-state index in [9.17, 15) is 37.1 Å². The summed E-state index contributed by atoms with van der Waals surface area (Å²) in [6.07, 6.45) is 0.0358. The van der Waals surface area contributed by atoms with Crippen LogP contribution in [0.3, 0.4) is 0 Å². The molecular formula is C28H34F3N5O5. The number of hydrogen-bond acceptors (Lipinski definition) is 6. The van der Waals surface area contributed by atoms with E-state index in [0.717, 1.165) is 44.2 Å². The summed E-state index contributed by atoms with van der Waals surface area (Å²) in [4.78, 5) is 66.4. The van der Waals surface area contributed by atoms with E-state index >= 15 is 0 Å². The Morgan fingerprint density at radius 1 is 1.02 bits per heavy atom. The van der Waals surface area contributed by atoms with Gasteiger partial charge in [-0.05, 0) is 74.6 Å². The molecule has 2 heterocycles. The number of benzene rings is 1. The number of carbonyl (C=O) groups excluding carboxylic acids is 5. The Morgan fingerprint density at radius 3 is 2.39 bits per heavy atom. The molecule has 5 rings (SSSR count). The first-order valence-corrected chi connectivity index (χ1v) is 14.1. The minimum Gasteiger partial charge on any atom is -0.376 e. The van der Waals surface area contributed by atoms with Crippen molar-refractivity contribution in [1.82, 2.24) is 20.9 Å². The summed E-state index contributed by atoms with van der Waals surface area (Å²) >= 11 is 0. The van der Waals surface area contributed by atoms with Crippen LogP contribution in [-0.2, 0) is 30.1 Å². The van der Waals surface area contributed by atoms with Crippen molar-refractivity contribution >= 4 is 35.1 Å². The number of fused-ring (bicyclic) bond motifs is 1. The maximum absolute atomic E-state index is 13.7. The lowest BCUT2D eigenvalue weighted by Gasteiger charge is -2.29. The van der Waals surface area contributed by atoms with Crippen molar-refractivity contribution in [1.29, 1.82) is 0 Å². The number of likely N-dealkylation sites (tertiary alicyclic amines) is 1. The highest BCUT2D eigenvalue weighted by Gasteiger charge is 2.50. The van der Waals surface area contributed by atoms with Gasteiger partial charge in [-0.1, -0.05) is 6.42 Å². The number of halogens is 3. The van der Waals surface area contributed by atoms with Gasteiger partial charge in [0, 0.05) is 30.7 Å². The second-order valence-electron chi connectivity index (χ2n) is 11.5. The molecule has 4 fully saturated rings. The van der Waals surface area contributed by atoms with Gasteiger partial charge < -0.3 is 26.2 Å². The van der Waals surface area contributed by atoms with Crippen LogP contribution in [0.5, 0.6) is 0 Å². The molecule has 1 aromatic carbocycles. The standard InChI is InChI=1S/C28H34F3N5O5/c29-28(30,31)17-4-6-18(7-5-17)33-13-22(37)36-14-16-2-1-3-20(16)23(36)26(40)35-21(12-15-10-11-32-25(15)39)24(38)27(41)34-19-8-9-19/h4-7,15-16,19-21,23,33H,1-3,8-14H2,(H,32,39)(H,34,41)(H,35,40)/t15-,16-,20-,21-,23-/m0/s1. The molecular weight excluding hydrogens is 543 g/mol. The highest BCUT2D eigenvalue weighted by molar-refractivity contribution is 6.38. The number of alkyl halides is 3. The number of nitrogens with zero attached hydrogens (tertiary/aromatic N) is 1. The van der Waals surface area contributed by atoms with E-state index in [4.69, 9.17) is 0 Å². The first kappa shape index (κ1) is 28.9. The van der Waals surface area contributed by atoms with Gasteiger partial charge in [0.1, 0.15) is 6.04 Å². The minimum absolute atomic E-state index is 0.0151. The Kier molecular flexibility index (Phi) is 8.23. The van der Waals surface area contributed by atoms with Crippen LogP contribution in [0.2, 0.25) is 0 Å². The summed E-state index contributed by atoms with van der Waals surface area (Å²) in [6, 6.07) is 2.19. The smallest absolute Gasteiger partial charge is 0.376 e. The number of ketones is 1. The Labute approximate surface area is 235 Å². The minimum atomic E-state index is -4.47. The second-order valence-corrected chi connectivity index (χ2v) is 11.5. The zero-order valence-electron chi connectivity index (χ0n) is 22.5. The number of amides is 4. The summed E-state index contributed by atoms with van der Waals surface area (Å²) in [5.74, 6) is -3.32. The van der Waals surface area contributed by atoms with Crippen molar-refractivity contribution in [2.24, 2.45) is 17.8 Å². The summed E-state index contributed by atoms with van der Waals surface area (Å²) in [7, 11) is 0. The van der Waals surface area contributed by atoms with Crippen molar-refractivity contribution < 1.29 is 37.1 Å². The van der Waals surface area contributed by atoms with Gasteiger partial charge in [-0.3, -0.25) is 24.0 Å². The number of carbonyl (C=O) groups is 5. The Morgan fingerprint density at radius 2 is 1.76 bits per heavy atom. The lowest BCUT2D eigenvalue weighted by atomic mass is 9.91. The average Bonchev–Trinajstić information content (AvgIpc) is 3.28. The Hall–Kier alpha value is -3.64. The second kappa shape index (κ2) is 11.7. The van der Waals surface area contributed by atoms with Gasteiger partial charge in [-0.15, -0.1) is 0 Å². The summed E-state index contributed by atoms with van der Waals surface area (Å²) in [5, 5.41) is 10.9. The van der Waals surface area contributed by atoms with Crippen LogP contribution in [0, 0.1) is 17.8 Å². The van der Waals surface area contributed by atoms with E-state index in [1.54, 1.807) is 0 Å². The van der Waals surface area contributed by atoms with Crippen molar-refractivity contribution in [3.63, 3.8) is 0 Å². The van der Waals surface area contributed by atoms with Gasteiger partial charge in [0.2, 0.25) is 23.5 Å². The first-order valence-electron chi connectivity index (χ1n) is 14.1. The first-order chi connectivity index (χ1) is 19.5. The van der Waals surface area contributed by atoms with Crippen LogP contribution in [0.4, 0.5) is 18.9 Å². The van der Waals surface area contributed by atoms with Crippen LogP contribution < -0.4 is 21.3 Å². The summed E-state index contributed by atoms with van der Waals surface area (Å²) in [5.41, 5.74) is -0.475. The maximum Gasteiger partial charge on any atom is 0.416 e. The van der Waals surface area contributed by atoms with Gasteiger partial charge in [-0.2, -0.15) is 13.2 Å². The normalized spacial score (nSPS) is 26.2. The lowest BCUT2D eigenvalue weighted by Crippen LogP contribution is -2.56. The molecule has 0 unspecified atom stereocenters. The van der Waals surface area contributed by atoms with Crippen LogP contribution in [-0.4, -0.2) is 72.1 Å². The highest BCUT2D eigenvalue weighted by atomic mass is 19.4. The number of rotatable bonds is 10. The zero-order valence-corrected chi connectivity index (χ0v) is 22.5. The Balaban J connectivity index is 1.27. The van der Waals surface area contributed by atoms with Crippen LogP contribution in [0.25, 0.3) is 0 Å². The highest BCUT2D eigenvalue weighted by Crippen LogP contribution is 2.42. The SMILES string of the molecule is O=C(NC1CC1)C(=O)[C@H](C[C@@H]1CCNC1=O)NC(=O)[C@@H]1[C@H]2CCC[C@H]2CN1C(=O)CNc1ccc(C(F)(F)F)cc1. The number of nitrogens with one attached hydrogen (secondary N) is 4. The summed E-state index contributed by atoms with van der Waals surface area (Å²) < 4.78 is 38.6. The van der Waals surface area contributed by atoms with Crippen LogP contribution in [0.1, 0.15) is 50.5 Å². The molecule has 0 aromatic heterocycles. The van der Waals surface area contributed by atoms with Gasteiger partial charge in [0.05, 0.1) is 18.2 Å². The number of hydrogen-bond donors (Lipinski definition) is 4. The Bertz CT molecular complexity index is 1200. The summed E-state index contributed by atoms with van der Waals surface area (Å²) in [6.45, 7) is 0.568. The van der Waals surface area contributed by atoms with E-state index < -0.39 is 53.2 Å². The molecule has 2 saturated carbocycles. The molecule has 1 aromatic rings. The van der Waals surface area contributed by atoms with Crippen molar-refractivity contribution in [2.45, 2.75) is 69.2 Å². The zero-order chi connectivity index (χ0) is 29.3. The molecule has 0 radical (unpaired) electrons. The number of Topliss-reactive ketones (excluding diaryl/α,β-unsaturated/α-hetero) is 1. The molecule has 41 heavy (non-hydrogen) atoms. The maximum atomic E-state index is 13.7. The molecule has 222 valence electrons. The molecule has 5 atom stereocenters. The van der Waals surface area contributed by atoms with Gasteiger partial charge in [0.15, 0.2) is 0 Å². The molecule has 0 spiro atoms. The van der Waals surface area contributed by atoms with Gasteiger partial charge in [0.25, 0.3) is 5.91 Å². The molecule has 2 saturated heterocycles. The predicted molar refractivity (Wildman–Crippen MR) is 140 cm³/mol.